The second-order valence-corrected chi connectivity index (χ2v) is 5.98. The van der Waals surface area contributed by atoms with Crippen LogP contribution in [0, 0.1) is 24.2 Å². The fourth-order valence-electron chi connectivity index (χ4n) is 2.77. The average molecular weight is 284 g/mol. The van der Waals surface area contributed by atoms with Gasteiger partial charge in [-0.2, -0.15) is 5.26 Å². The number of piperidine rings is 1. The molecule has 0 aromatic carbocycles. The first-order chi connectivity index (χ1) is 10.2. The minimum Gasteiger partial charge on any atom is -0.355 e. The van der Waals surface area contributed by atoms with Gasteiger partial charge in [-0.25, -0.2) is 4.98 Å². The maximum Gasteiger partial charge on any atom is 0.223 e. The second kappa shape index (κ2) is 5.72. The number of anilines is 1. The Kier molecular flexibility index (Phi) is 3.78. The Morgan fingerprint density at radius 1 is 1.33 bits per heavy atom. The van der Waals surface area contributed by atoms with E-state index in [1.54, 1.807) is 0 Å². The quantitative estimate of drug-likeness (QED) is 0.918. The molecule has 5 heteroatoms. The van der Waals surface area contributed by atoms with Crippen LogP contribution in [-0.4, -0.2) is 30.0 Å². The maximum absolute atomic E-state index is 11.8. The number of nitrogens with zero attached hydrogens (tertiary/aromatic N) is 3. The molecule has 21 heavy (non-hydrogen) atoms. The molecule has 2 heterocycles. The van der Waals surface area contributed by atoms with Crippen LogP contribution in [0.25, 0.3) is 0 Å². The molecule has 110 valence electrons. The molecule has 1 amide bonds. The summed E-state index contributed by atoms with van der Waals surface area (Å²) >= 11 is 0. The molecule has 0 unspecified atom stereocenters. The molecule has 1 saturated carbocycles. The molecule has 1 aromatic rings. The van der Waals surface area contributed by atoms with Gasteiger partial charge in [-0.3, -0.25) is 4.79 Å². The Morgan fingerprint density at radius 2 is 2.05 bits per heavy atom. The number of rotatable bonds is 3. The second-order valence-electron chi connectivity index (χ2n) is 5.98. The number of aryl methyl sites for hydroxylation is 1. The third-order valence-electron chi connectivity index (χ3n) is 4.22. The fourth-order valence-corrected chi connectivity index (χ4v) is 2.77. The summed E-state index contributed by atoms with van der Waals surface area (Å²) in [4.78, 5) is 18.5. The van der Waals surface area contributed by atoms with Crippen molar-refractivity contribution in [3.63, 3.8) is 0 Å². The zero-order valence-electron chi connectivity index (χ0n) is 12.3. The predicted molar refractivity (Wildman–Crippen MR) is 79.8 cm³/mol. The van der Waals surface area contributed by atoms with E-state index in [2.05, 4.69) is 21.3 Å². The van der Waals surface area contributed by atoms with Gasteiger partial charge in [0.25, 0.3) is 0 Å². The monoisotopic (exact) mass is 284 g/mol. The third kappa shape index (κ3) is 3.15. The van der Waals surface area contributed by atoms with Crippen molar-refractivity contribution < 1.29 is 4.79 Å². The molecule has 5 nitrogen and oxygen atoms in total. The number of aromatic nitrogens is 1. The van der Waals surface area contributed by atoms with Crippen molar-refractivity contribution in [3.8, 4) is 6.07 Å². The highest BCUT2D eigenvalue weighted by Gasteiger charge is 2.32. The molecule has 0 atom stereocenters. The summed E-state index contributed by atoms with van der Waals surface area (Å²) in [6, 6.07) is 6.18. The Hall–Kier alpha value is -2.09. The van der Waals surface area contributed by atoms with Crippen LogP contribution in [0.5, 0.6) is 0 Å². The van der Waals surface area contributed by atoms with Crippen LogP contribution in [0.4, 0.5) is 5.82 Å². The summed E-state index contributed by atoms with van der Waals surface area (Å²) < 4.78 is 0. The van der Waals surface area contributed by atoms with E-state index in [-0.39, 0.29) is 17.9 Å². The Balaban J connectivity index is 1.61. The molecular weight excluding hydrogens is 264 g/mol. The summed E-state index contributed by atoms with van der Waals surface area (Å²) in [6.07, 6.45) is 3.92. The van der Waals surface area contributed by atoms with E-state index >= 15 is 0 Å². The zero-order chi connectivity index (χ0) is 14.8. The van der Waals surface area contributed by atoms with Gasteiger partial charge in [0.15, 0.2) is 0 Å². The van der Waals surface area contributed by atoms with Crippen molar-refractivity contribution in [1.29, 1.82) is 5.26 Å². The first kappa shape index (κ1) is 13.9. The van der Waals surface area contributed by atoms with Gasteiger partial charge >= 0.3 is 0 Å². The van der Waals surface area contributed by atoms with Gasteiger partial charge in [0, 0.05) is 30.7 Å². The van der Waals surface area contributed by atoms with Crippen LogP contribution in [0.2, 0.25) is 0 Å². The number of hydrogen-bond acceptors (Lipinski definition) is 4. The van der Waals surface area contributed by atoms with Gasteiger partial charge in [-0.1, -0.05) is 0 Å². The molecule has 0 bridgehead atoms. The largest absolute Gasteiger partial charge is 0.355 e. The lowest BCUT2D eigenvalue weighted by Crippen LogP contribution is -2.45. The normalized spacial score (nSPS) is 19.1. The lowest BCUT2D eigenvalue weighted by Gasteiger charge is -2.33. The van der Waals surface area contributed by atoms with Crippen molar-refractivity contribution in [2.24, 2.45) is 5.92 Å². The molecule has 2 aliphatic rings. The van der Waals surface area contributed by atoms with Gasteiger partial charge in [-0.15, -0.1) is 0 Å². The molecule has 0 radical (unpaired) electrons. The van der Waals surface area contributed by atoms with E-state index in [0.717, 1.165) is 50.3 Å². The van der Waals surface area contributed by atoms with Crippen molar-refractivity contribution in [2.75, 3.05) is 18.0 Å². The molecule has 3 rings (SSSR count). The van der Waals surface area contributed by atoms with E-state index in [1.807, 2.05) is 19.1 Å². The minimum absolute atomic E-state index is 0.222. The summed E-state index contributed by atoms with van der Waals surface area (Å²) in [5.41, 5.74) is 1.55. The maximum atomic E-state index is 11.8. The molecule has 0 spiro atoms. The summed E-state index contributed by atoms with van der Waals surface area (Å²) in [7, 11) is 0. The first-order valence-corrected chi connectivity index (χ1v) is 7.60. The van der Waals surface area contributed by atoms with E-state index in [4.69, 9.17) is 0 Å². The highest BCUT2D eigenvalue weighted by Crippen LogP contribution is 2.29. The van der Waals surface area contributed by atoms with Crippen LogP contribution in [0.15, 0.2) is 12.1 Å². The van der Waals surface area contributed by atoms with Gasteiger partial charge in [0.05, 0.1) is 5.56 Å². The van der Waals surface area contributed by atoms with Crippen LogP contribution < -0.4 is 10.2 Å². The number of nitrogens with one attached hydrogen (secondary N) is 1. The third-order valence-corrected chi connectivity index (χ3v) is 4.22. The summed E-state index contributed by atoms with van der Waals surface area (Å²) in [5.74, 6) is 1.27. The number of pyridine rings is 1. The van der Waals surface area contributed by atoms with Gasteiger partial charge in [0.2, 0.25) is 5.91 Å². The lowest BCUT2D eigenvalue weighted by atomic mass is 10.0. The van der Waals surface area contributed by atoms with E-state index in [0.29, 0.717) is 5.56 Å². The lowest BCUT2D eigenvalue weighted by molar-refractivity contribution is -0.123. The van der Waals surface area contributed by atoms with Crippen molar-refractivity contribution in [1.82, 2.24) is 10.3 Å². The van der Waals surface area contributed by atoms with E-state index in [9.17, 15) is 10.1 Å². The smallest absolute Gasteiger partial charge is 0.223 e. The van der Waals surface area contributed by atoms with E-state index in [1.165, 1.54) is 0 Å². The van der Waals surface area contributed by atoms with Crippen LogP contribution in [0.1, 0.15) is 36.9 Å². The van der Waals surface area contributed by atoms with Crippen LogP contribution in [0.3, 0.4) is 0 Å². The standard InChI is InChI=1S/C16H20N4O/c1-11-2-3-13(10-17)15(18-11)20-8-6-14(7-9-20)19-16(21)12-4-5-12/h2-3,12,14H,4-9H2,1H3,(H,19,21). The highest BCUT2D eigenvalue weighted by atomic mass is 16.2. The first-order valence-electron chi connectivity index (χ1n) is 7.60. The highest BCUT2D eigenvalue weighted by molar-refractivity contribution is 5.81. The molecular formula is C16H20N4O. The topological polar surface area (TPSA) is 69.0 Å². The van der Waals surface area contributed by atoms with Crippen molar-refractivity contribution in [3.05, 3.63) is 23.4 Å². The van der Waals surface area contributed by atoms with Gasteiger partial charge in [-0.05, 0) is 44.7 Å². The Labute approximate surface area is 125 Å². The molecule has 1 aromatic heterocycles. The van der Waals surface area contributed by atoms with Crippen LogP contribution >= 0.6 is 0 Å². The number of nitriles is 1. The SMILES string of the molecule is Cc1ccc(C#N)c(N2CCC(NC(=O)C3CC3)CC2)n1. The summed E-state index contributed by atoms with van der Waals surface area (Å²) in [6.45, 7) is 3.61. The number of amides is 1. The number of carbonyl (C=O) groups excluding carboxylic acids is 1. The van der Waals surface area contributed by atoms with Crippen LogP contribution in [-0.2, 0) is 4.79 Å². The minimum atomic E-state index is 0.222. The van der Waals surface area contributed by atoms with E-state index < -0.39 is 0 Å². The van der Waals surface area contributed by atoms with Crippen molar-refractivity contribution >= 4 is 11.7 Å². The molecule has 1 aliphatic carbocycles. The molecule has 1 saturated heterocycles. The average Bonchev–Trinajstić information content (AvgIpc) is 3.33. The molecule has 1 N–H and O–H groups in total. The fraction of sp³-hybridized carbons (Fsp3) is 0.562. The Bertz CT molecular complexity index is 580. The van der Waals surface area contributed by atoms with Crippen molar-refractivity contribution in [2.45, 2.75) is 38.6 Å². The number of carbonyl (C=O) groups is 1. The Morgan fingerprint density at radius 3 is 2.67 bits per heavy atom. The summed E-state index contributed by atoms with van der Waals surface area (Å²) in [5, 5.41) is 12.3. The predicted octanol–water partition coefficient (Wildman–Crippen LogP) is 1.76. The number of hydrogen-bond donors (Lipinski definition) is 1. The van der Waals surface area contributed by atoms with Gasteiger partial charge in [0.1, 0.15) is 11.9 Å². The zero-order valence-corrected chi connectivity index (χ0v) is 12.3. The molecule has 2 fully saturated rings. The van der Waals surface area contributed by atoms with Gasteiger partial charge < -0.3 is 10.2 Å². The molecule has 1 aliphatic heterocycles.